The molecule has 0 saturated carbocycles. The predicted octanol–water partition coefficient (Wildman–Crippen LogP) is -2.81. The lowest BCUT2D eigenvalue weighted by Gasteiger charge is -2.24. The van der Waals surface area contributed by atoms with Crippen LogP contribution in [-0.4, -0.2) is 90.1 Å². The molecule has 0 fully saturated rings. The Morgan fingerprint density at radius 2 is 1.10 bits per heavy atom. The fraction of sp³-hybridized carbons (Fsp3) is 0.333. The van der Waals surface area contributed by atoms with Gasteiger partial charge in [0.2, 0.25) is 29.5 Å². The van der Waals surface area contributed by atoms with E-state index in [1.165, 1.54) is 0 Å². The maximum Gasteiger partial charge on any atom is 0.326 e. The van der Waals surface area contributed by atoms with Gasteiger partial charge in [0.1, 0.15) is 18.1 Å². The number of carbonyl (C=O) groups excluding carboxylic acids is 5. The summed E-state index contributed by atoms with van der Waals surface area (Å²) in [6.45, 7) is -2.11. The van der Waals surface area contributed by atoms with E-state index in [4.69, 9.17) is 5.73 Å². The Morgan fingerprint density at radius 3 is 1.61 bits per heavy atom. The topological polar surface area (TPSA) is 229 Å². The van der Waals surface area contributed by atoms with Crippen molar-refractivity contribution in [1.82, 2.24) is 26.6 Å². The Hall–Kier alpha value is -4.82. The SMILES string of the molecule is NCC(=O)NCC(=O)NCC(=O)N[C@@H](CO)C(=O)N[C@@H](Cc1ccccc1)C(=O)N[C@@H](Cc1ccccc1)C(=O)O. The average Bonchev–Trinajstić information content (AvgIpc) is 2.97. The number of amides is 5. The van der Waals surface area contributed by atoms with Gasteiger partial charge in [-0.1, -0.05) is 60.7 Å². The summed E-state index contributed by atoms with van der Waals surface area (Å²) in [5, 5.41) is 31.0. The summed E-state index contributed by atoms with van der Waals surface area (Å²) in [6, 6.07) is 13.3. The second-order valence-corrected chi connectivity index (χ2v) is 8.90. The van der Waals surface area contributed by atoms with Crippen LogP contribution in [0, 0.1) is 0 Å². The van der Waals surface area contributed by atoms with Gasteiger partial charge in [-0.3, -0.25) is 24.0 Å². The second kappa shape index (κ2) is 17.0. The van der Waals surface area contributed by atoms with Crippen LogP contribution >= 0.6 is 0 Å². The molecule has 0 aromatic heterocycles. The number of nitrogens with two attached hydrogens (primary N) is 1. The van der Waals surface area contributed by atoms with E-state index in [1.807, 2.05) is 0 Å². The van der Waals surface area contributed by atoms with Crippen LogP contribution in [0.2, 0.25) is 0 Å². The van der Waals surface area contributed by atoms with Gasteiger partial charge in [0, 0.05) is 12.8 Å². The minimum atomic E-state index is -1.48. The number of rotatable bonds is 16. The molecule has 0 aliphatic rings. The number of carboxylic acid groups (broad SMARTS) is 1. The first-order chi connectivity index (χ1) is 19.6. The van der Waals surface area contributed by atoms with E-state index in [0.717, 1.165) is 0 Å². The fourth-order valence-corrected chi connectivity index (χ4v) is 3.59. The predicted molar refractivity (Wildman–Crippen MR) is 146 cm³/mol. The van der Waals surface area contributed by atoms with Gasteiger partial charge in [0.15, 0.2) is 0 Å². The summed E-state index contributed by atoms with van der Waals surface area (Å²) in [5.41, 5.74) is 6.47. The number of hydrogen-bond acceptors (Lipinski definition) is 8. The van der Waals surface area contributed by atoms with Gasteiger partial charge in [-0.25, -0.2) is 4.79 Å². The molecular formula is C27H34N6O8. The van der Waals surface area contributed by atoms with Gasteiger partial charge in [-0.2, -0.15) is 0 Å². The highest BCUT2D eigenvalue weighted by molar-refractivity contribution is 5.94. The highest BCUT2D eigenvalue weighted by Crippen LogP contribution is 2.07. The Morgan fingerprint density at radius 1 is 0.634 bits per heavy atom. The summed E-state index contributed by atoms with van der Waals surface area (Å²) in [4.78, 5) is 73.1. The van der Waals surface area contributed by atoms with E-state index in [2.05, 4.69) is 26.6 Å². The Labute approximate surface area is 236 Å². The molecule has 2 rings (SSSR count). The molecule has 2 aromatic carbocycles. The van der Waals surface area contributed by atoms with Crippen molar-refractivity contribution >= 4 is 35.5 Å². The zero-order chi connectivity index (χ0) is 30.2. The molecule has 0 radical (unpaired) electrons. The highest BCUT2D eigenvalue weighted by atomic mass is 16.4. The van der Waals surface area contributed by atoms with Gasteiger partial charge in [0.25, 0.3) is 0 Å². The van der Waals surface area contributed by atoms with Gasteiger partial charge < -0.3 is 42.5 Å². The molecule has 0 aliphatic heterocycles. The van der Waals surface area contributed by atoms with Crippen LogP contribution in [0.4, 0.5) is 0 Å². The summed E-state index contributed by atoms with van der Waals surface area (Å²) < 4.78 is 0. The number of benzene rings is 2. The van der Waals surface area contributed by atoms with Crippen LogP contribution in [0.15, 0.2) is 60.7 Å². The molecule has 3 atom stereocenters. The summed E-state index contributed by atoms with van der Waals surface area (Å²) in [5.74, 6) is -5.03. The van der Waals surface area contributed by atoms with Crippen molar-refractivity contribution in [3.05, 3.63) is 71.8 Å². The van der Waals surface area contributed by atoms with Crippen molar-refractivity contribution in [2.24, 2.45) is 5.73 Å². The molecule has 220 valence electrons. The van der Waals surface area contributed by atoms with Crippen molar-refractivity contribution in [3.8, 4) is 0 Å². The van der Waals surface area contributed by atoms with Crippen LogP contribution < -0.4 is 32.3 Å². The molecule has 0 aliphatic carbocycles. The number of hydrogen-bond donors (Lipinski definition) is 8. The fourth-order valence-electron chi connectivity index (χ4n) is 3.59. The van der Waals surface area contributed by atoms with E-state index in [9.17, 15) is 39.0 Å². The van der Waals surface area contributed by atoms with Gasteiger partial charge in [-0.05, 0) is 11.1 Å². The number of aliphatic hydroxyl groups is 1. The normalized spacial score (nSPS) is 12.6. The van der Waals surface area contributed by atoms with E-state index >= 15 is 0 Å². The third-order valence-electron chi connectivity index (χ3n) is 5.72. The number of aliphatic carboxylic acids is 1. The molecule has 5 amide bonds. The van der Waals surface area contributed by atoms with Crippen LogP contribution in [0.1, 0.15) is 11.1 Å². The van der Waals surface area contributed by atoms with Crippen LogP contribution in [0.25, 0.3) is 0 Å². The van der Waals surface area contributed by atoms with E-state index in [-0.39, 0.29) is 19.4 Å². The van der Waals surface area contributed by atoms with Gasteiger partial charge in [0.05, 0.1) is 26.2 Å². The molecule has 0 heterocycles. The number of carboxylic acids is 1. The second-order valence-electron chi connectivity index (χ2n) is 8.90. The molecule has 0 spiro atoms. The van der Waals surface area contributed by atoms with Crippen LogP contribution in [0.5, 0.6) is 0 Å². The molecule has 0 saturated heterocycles. The van der Waals surface area contributed by atoms with Crippen molar-refractivity contribution in [2.75, 3.05) is 26.2 Å². The van der Waals surface area contributed by atoms with Gasteiger partial charge in [-0.15, -0.1) is 0 Å². The Kier molecular flexibility index (Phi) is 13.4. The zero-order valence-corrected chi connectivity index (χ0v) is 22.2. The number of aliphatic hydroxyl groups excluding tert-OH is 1. The summed E-state index contributed by atoms with van der Waals surface area (Å²) in [7, 11) is 0. The number of nitrogens with one attached hydrogen (secondary N) is 5. The lowest BCUT2D eigenvalue weighted by molar-refractivity contribution is -0.142. The van der Waals surface area contributed by atoms with Crippen molar-refractivity contribution < 1.29 is 39.0 Å². The third-order valence-corrected chi connectivity index (χ3v) is 5.72. The van der Waals surface area contributed by atoms with Crippen molar-refractivity contribution in [2.45, 2.75) is 31.0 Å². The highest BCUT2D eigenvalue weighted by Gasteiger charge is 2.29. The quantitative estimate of drug-likeness (QED) is 0.104. The molecule has 0 unspecified atom stereocenters. The molecular weight excluding hydrogens is 536 g/mol. The lowest BCUT2D eigenvalue weighted by Crippen LogP contribution is -2.58. The Bertz CT molecular complexity index is 1190. The molecule has 2 aromatic rings. The lowest BCUT2D eigenvalue weighted by atomic mass is 10.0. The standard InChI is InChI=1S/C27H34N6O8/c28-13-22(35)29-14-23(36)30-15-24(37)31-21(16-34)26(39)32-19(11-17-7-3-1-4-8-17)25(38)33-20(27(40)41)12-18-9-5-2-6-10-18/h1-10,19-21,34H,11-16,28H2,(H,29,35)(H,30,36)(H,31,37)(H,32,39)(H,33,38)(H,40,41)/t19-,20-,21-/m0/s1. The van der Waals surface area contributed by atoms with Crippen LogP contribution in [-0.2, 0) is 41.6 Å². The smallest absolute Gasteiger partial charge is 0.326 e. The van der Waals surface area contributed by atoms with Crippen molar-refractivity contribution in [3.63, 3.8) is 0 Å². The molecule has 41 heavy (non-hydrogen) atoms. The minimum absolute atomic E-state index is 0.00482. The molecule has 14 heteroatoms. The summed E-state index contributed by atoms with van der Waals surface area (Å²) in [6.07, 6.45) is -0.00236. The first-order valence-corrected chi connectivity index (χ1v) is 12.7. The molecule has 9 N–H and O–H groups in total. The van der Waals surface area contributed by atoms with E-state index < -0.39 is 73.3 Å². The van der Waals surface area contributed by atoms with Crippen LogP contribution in [0.3, 0.4) is 0 Å². The first-order valence-electron chi connectivity index (χ1n) is 12.7. The largest absolute Gasteiger partial charge is 0.480 e. The Balaban J connectivity index is 2.06. The monoisotopic (exact) mass is 570 g/mol. The van der Waals surface area contributed by atoms with Crippen molar-refractivity contribution in [1.29, 1.82) is 0 Å². The molecule has 0 bridgehead atoms. The number of carbonyl (C=O) groups is 6. The first kappa shape index (κ1) is 32.4. The van der Waals surface area contributed by atoms with Gasteiger partial charge >= 0.3 is 5.97 Å². The van der Waals surface area contributed by atoms with E-state index in [0.29, 0.717) is 11.1 Å². The van der Waals surface area contributed by atoms with E-state index in [1.54, 1.807) is 60.7 Å². The average molecular weight is 571 g/mol. The summed E-state index contributed by atoms with van der Waals surface area (Å²) >= 11 is 0. The third kappa shape index (κ3) is 11.8. The molecule has 14 nitrogen and oxygen atoms in total. The zero-order valence-electron chi connectivity index (χ0n) is 22.2. The maximum absolute atomic E-state index is 13.2. The minimum Gasteiger partial charge on any atom is -0.480 e. The maximum atomic E-state index is 13.2.